The molecule has 0 spiro atoms. The van der Waals surface area contributed by atoms with Gasteiger partial charge in [-0.15, -0.1) is 0 Å². The summed E-state index contributed by atoms with van der Waals surface area (Å²) in [5, 5.41) is 3.41. The zero-order valence-corrected chi connectivity index (χ0v) is 10.9. The molecule has 1 fully saturated rings. The first-order valence-corrected chi connectivity index (χ1v) is 7.08. The predicted molar refractivity (Wildman–Crippen MR) is 70.7 cm³/mol. The minimum atomic E-state index is 0.715. The van der Waals surface area contributed by atoms with E-state index in [4.69, 9.17) is 0 Å². The second-order valence-electron chi connectivity index (χ2n) is 4.32. The Morgan fingerprint density at radius 2 is 2.40 bits per heavy atom. The molecule has 0 amide bonds. The maximum Gasteiger partial charge on any atom is 0.0206 e. The SMILES string of the molecule is C=C(CNCCC)CN1CCSCC1C. The number of thioether (sulfide) groups is 1. The molecule has 1 N–H and O–H groups in total. The smallest absolute Gasteiger partial charge is 0.0206 e. The molecule has 88 valence electrons. The van der Waals surface area contributed by atoms with Crippen molar-refractivity contribution in [2.24, 2.45) is 0 Å². The van der Waals surface area contributed by atoms with E-state index in [0.717, 1.165) is 19.6 Å². The Hall–Kier alpha value is 0.0100. The van der Waals surface area contributed by atoms with E-state index in [2.05, 4.69) is 42.4 Å². The van der Waals surface area contributed by atoms with Gasteiger partial charge in [0.25, 0.3) is 0 Å². The minimum absolute atomic E-state index is 0.715. The molecule has 1 unspecified atom stereocenters. The molecule has 1 rings (SSSR count). The first-order chi connectivity index (χ1) is 7.24. The summed E-state index contributed by atoms with van der Waals surface area (Å²) in [7, 11) is 0. The van der Waals surface area contributed by atoms with E-state index in [0.29, 0.717) is 6.04 Å². The lowest BCUT2D eigenvalue weighted by Gasteiger charge is -2.33. The van der Waals surface area contributed by atoms with Crippen LogP contribution in [0.4, 0.5) is 0 Å². The minimum Gasteiger partial charge on any atom is -0.313 e. The van der Waals surface area contributed by atoms with Crippen LogP contribution in [0.1, 0.15) is 20.3 Å². The Kier molecular flexibility index (Phi) is 6.37. The van der Waals surface area contributed by atoms with Crippen LogP contribution in [0.2, 0.25) is 0 Å². The second-order valence-corrected chi connectivity index (χ2v) is 5.47. The van der Waals surface area contributed by atoms with Crippen molar-refractivity contribution in [1.82, 2.24) is 10.2 Å². The van der Waals surface area contributed by atoms with Crippen LogP contribution in [-0.4, -0.2) is 48.6 Å². The number of nitrogens with zero attached hydrogens (tertiary/aromatic N) is 1. The number of hydrogen-bond donors (Lipinski definition) is 1. The van der Waals surface area contributed by atoms with Gasteiger partial charge in [0, 0.05) is 37.2 Å². The Morgan fingerprint density at radius 3 is 3.07 bits per heavy atom. The zero-order chi connectivity index (χ0) is 11.1. The third-order valence-electron chi connectivity index (χ3n) is 2.73. The highest BCUT2D eigenvalue weighted by Crippen LogP contribution is 2.16. The topological polar surface area (TPSA) is 15.3 Å². The molecule has 0 aromatic carbocycles. The van der Waals surface area contributed by atoms with Crippen LogP contribution >= 0.6 is 11.8 Å². The van der Waals surface area contributed by atoms with Gasteiger partial charge in [0.1, 0.15) is 0 Å². The van der Waals surface area contributed by atoms with Crippen molar-refractivity contribution in [2.45, 2.75) is 26.3 Å². The second kappa shape index (κ2) is 7.31. The van der Waals surface area contributed by atoms with Crippen LogP contribution in [0.5, 0.6) is 0 Å². The van der Waals surface area contributed by atoms with Crippen LogP contribution in [-0.2, 0) is 0 Å². The van der Waals surface area contributed by atoms with Gasteiger partial charge in [-0.3, -0.25) is 4.90 Å². The van der Waals surface area contributed by atoms with Crippen molar-refractivity contribution in [3.8, 4) is 0 Å². The summed E-state index contributed by atoms with van der Waals surface area (Å²) in [5.41, 5.74) is 1.32. The molecule has 0 radical (unpaired) electrons. The van der Waals surface area contributed by atoms with Crippen molar-refractivity contribution in [3.63, 3.8) is 0 Å². The molecule has 0 aromatic rings. The van der Waals surface area contributed by atoms with Crippen molar-refractivity contribution in [3.05, 3.63) is 12.2 Å². The van der Waals surface area contributed by atoms with Crippen molar-refractivity contribution in [1.29, 1.82) is 0 Å². The fourth-order valence-electron chi connectivity index (χ4n) is 1.78. The van der Waals surface area contributed by atoms with Gasteiger partial charge in [-0.1, -0.05) is 13.5 Å². The van der Waals surface area contributed by atoms with E-state index in [1.165, 1.54) is 30.0 Å². The van der Waals surface area contributed by atoms with Gasteiger partial charge >= 0.3 is 0 Å². The third-order valence-corrected chi connectivity index (χ3v) is 3.92. The van der Waals surface area contributed by atoms with Gasteiger partial charge in [0.15, 0.2) is 0 Å². The quantitative estimate of drug-likeness (QED) is 0.553. The Balaban J connectivity index is 2.18. The lowest BCUT2D eigenvalue weighted by molar-refractivity contribution is 0.251. The zero-order valence-electron chi connectivity index (χ0n) is 10.1. The average Bonchev–Trinajstić information content (AvgIpc) is 2.22. The highest BCUT2D eigenvalue weighted by Gasteiger charge is 2.18. The predicted octanol–water partition coefficient (Wildman–Crippen LogP) is 1.98. The normalized spacial score (nSPS) is 22.9. The molecule has 2 nitrogen and oxygen atoms in total. The fourth-order valence-corrected chi connectivity index (χ4v) is 2.86. The Bertz CT molecular complexity index is 194. The standard InChI is InChI=1S/C12H24N2S/c1-4-5-13-8-11(2)9-14-6-7-15-10-12(14)3/h12-13H,2,4-10H2,1,3H3. The van der Waals surface area contributed by atoms with E-state index in [-0.39, 0.29) is 0 Å². The van der Waals surface area contributed by atoms with Crippen LogP contribution in [0.25, 0.3) is 0 Å². The molecule has 1 saturated heterocycles. The van der Waals surface area contributed by atoms with E-state index < -0.39 is 0 Å². The molecular formula is C12H24N2S. The average molecular weight is 228 g/mol. The summed E-state index contributed by atoms with van der Waals surface area (Å²) >= 11 is 2.07. The highest BCUT2D eigenvalue weighted by atomic mass is 32.2. The van der Waals surface area contributed by atoms with E-state index in [9.17, 15) is 0 Å². The van der Waals surface area contributed by atoms with Crippen LogP contribution in [0.15, 0.2) is 12.2 Å². The summed E-state index contributed by atoms with van der Waals surface area (Å²) < 4.78 is 0. The molecule has 0 aliphatic carbocycles. The van der Waals surface area contributed by atoms with Crippen molar-refractivity contribution >= 4 is 11.8 Å². The van der Waals surface area contributed by atoms with Crippen molar-refractivity contribution < 1.29 is 0 Å². The Labute approximate surface area is 98.5 Å². The third kappa shape index (κ3) is 5.05. The van der Waals surface area contributed by atoms with Gasteiger partial charge in [-0.2, -0.15) is 11.8 Å². The van der Waals surface area contributed by atoms with E-state index in [1.807, 2.05) is 0 Å². The summed E-state index contributed by atoms with van der Waals surface area (Å²) in [4.78, 5) is 2.55. The maximum absolute atomic E-state index is 4.14. The lowest BCUT2D eigenvalue weighted by Crippen LogP contribution is -2.42. The molecule has 0 aromatic heterocycles. The number of rotatable bonds is 6. The van der Waals surface area contributed by atoms with Gasteiger partial charge in [-0.05, 0) is 25.5 Å². The molecule has 15 heavy (non-hydrogen) atoms. The summed E-state index contributed by atoms with van der Waals surface area (Å²) in [6.45, 7) is 13.0. The molecular weight excluding hydrogens is 204 g/mol. The van der Waals surface area contributed by atoms with Gasteiger partial charge in [-0.25, -0.2) is 0 Å². The lowest BCUT2D eigenvalue weighted by atomic mass is 10.2. The number of hydrogen-bond acceptors (Lipinski definition) is 3. The molecule has 1 aliphatic heterocycles. The van der Waals surface area contributed by atoms with Crippen LogP contribution in [0.3, 0.4) is 0 Å². The largest absolute Gasteiger partial charge is 0.313 e. The molecule has 1 heterocycles. The monoisotopic (exact) mass is 228 g/mol. The molecule has 0 bridgehead atoms. The van der Waals surface area contributed by atoms with Gasteiger partial charge < -0.3 is 5.32 Å². The summed E-state index contributed by atoms with van der Waals surface area (Å²) in [5.74, 6) is 2.55. The van der Waals surface area contributed by atoms with Crippen molar-refractivity contribution in [2.75, 3.05) is 37.7 Å². The van der Waals surface area contributed by atoms with Gasteiger partial charge in [0.2, 0.25) is 0 Å². The molecule has 0 saturated carbocycles. The molecule has 1 atom stereocenters. The van der Waals surface area contributed by atoms with E-state index >= 15 is 0 Å². The van der Waals surface area contributed by atoms with Crippen LogP contribution < -0.4 is 5.32 Å². The fraction of sp³-hybridized carbons (Fsp3) is 0.833. The summed E-state index contributed by atoms with van der Waals surface area (Å²) in [6, 6.07) is 0.715. The molecule has 3 heteroatoms. The van der Waals surface area contributed by atoms with E-state index in [1.54, 1.807) is 0 Å². The van der Waals surface area contributed by atoms with Gasteiger partial charge in [0.05, 0.1) is 0 Å². The maximum atomic E-state index is 4.14. The highest BCUT2D eigenvalue weighted by molar-refractivity contribution is 7.99. The first-order valence-electron chi connectivity index (χ1n) is 5.93. The first kappa shape index (κ1) is 13.1. The Morgan fingerprint density at radius 1 is 1.60 bits per heavy atom. The summed E-state index contributed by atoms with van der Waals surface area (Å²) in [6.07, 6.45) is 1.20. The molecule has 1 aliphatic rings. The van der Waals surface area contributed by atoms with Crippen LogP contribution in [0, 0.1) is 0 Å². The number of nitrogens with one attached hydrogen (secondary N) is 1.